The van der Waals surface area contributed by atoms with Gasteiger partial charge in [-0.3, -0.25) is 0 Å². The van der Waals surface area contributed by atoms with E-state index in [9.17, 15) is 0 Å². The van der Waals surface area contributed by atoms with Gasteiger partial charge in [-0.2, -0.15) is 13.8 Å². The van der Waals surface area contributed by atoms with Crippen molar-refractivity contribution in [2.75, 3.05) is 0 Å². The summed E-state index contributed by atoms with van der Waals surface area (Å²) in [6, 6.07) is 0. The van der Waals surface area contributed by atoms with Crippen LogP contribution in [0.4, 0.5) is 0 Å². The first-order valence-corrected chi connectivity index (χ1v) is 2.93. The summed E-state index contributed by atoms with van der Waals surface area (Å²) in [5.74, 6) is 0. The number of nitrogens with two attached hydrogens (primary N) is 1. The Bertz CT molecular complexity index is 37.9. The summed E-state index contributed by atoms with van der Waals surface area (Å²) in [5, 5.41) is 0. The van der Waals surface area contributed by atoms with Crippen LogP contribution >= 0.6 is 12.2 Å². The molecule has 0 bridgehead atoms. The van der Waals surface area contributed by atoms with Crippen LogP contribution < -0.4 is 5.73 Å². The molecule has 0 unspecified atom stereocenters. The first-order chi connectivity index (χ1) is 3.73. The van der Waals surface area contributed by atoms with Gasteiger partial charge in [0.05, 0.1) is 0 Å². The maximum atomic E-state index is 4.66. The predicted octanol–water partition coefficient (Wildman–Crippen LogP) is 1.46. The third-order valence-electron chi connectivity index (χ3n) is 0. The van der Waals surface area contributed by atoms with Crippen molar-refractivity contribution < 1.29 is 17.1 Å². The predicted molar refractivity (Wildman–Crippen MR) is 46.2 cm³/mol. The Morgan fingerprint density at radius 2 is 1.33 bits per heavy atom. The molecule has 0 aliphatic heterocycles. The topological polar surface area (TPSA) is 26.0 Å². The molecule has 0 aliphatic carbocycles. The number of hydrogen-bond donors (Lipinski definition) is 1. The van der Waals surface area contributed by atoms with E-state index in [1.165, 1.54) is 0 Å². The van der Waals surface area contributed by atoms with E-state index >= 15 is 0 Å². The van der Waals surface area contributed by atoms with Gasteiger partial charge in [0.2, 0.25) is 0 Å². The molecule has 57 valence electrons. The molecule has 0 amide bonds. The maximum absolute atomic E-state index is 4.66. The smallest absolute Gasteiger partial charge is 0.415 e. The van der Waals surface area contributed by atoms with Crippen LogP contribution in [0.1, 0.15) is 13.8 Å². The molecule has 0 saturated heterocycles. The van der Waals surface area contributed by atoms with Crippen molar-refractivity contribution in [3.8, 4) is 0 Å². The molecule has 9 heavy (non-hydrogen) atoms. The molecular weight excluding hydrogens is 194 g/mol. The summed E-state index contributed by atoms with van der Waals surface area (Å²) in [6.07, 6.45) is 0. The Morgan fingerprint density at radius 3 is 1.33 bits per heavy atom. The fourth-order valence-electron chi connectivity index (χ4n) is 0. The second kappa shape index (κ2) is 38.1. The second-order valence-corrected chi connectivity index (χ2v) is 1.46. The molecule has 1 radical (unpaired) electrons. The SMILES string of the molecule is NC(=S)[S-].[CH2-]C.[CH2-]C.[Fe+3]. The van der Waals surface area contributed by atoms with Gasteiger partial charge in [0, 0.05) is 0 Å². The van der Waals surface area contributed by atoms with Crippen LogP contribution in [-0.4, -0.2) is 4.32 Å². The Balaban J connectivity index is -0.0000000221. The van der Waals surface area contributed by atoms with Crippen LogP contribution in [0.15, 0.2) is 0 Å². The largest absolute Gasteiger partial charge is 3.00 e. The average Bonchev–Trinajstić information content (AvgIpc) is 1.75. The summed E-state index contributed by atoms with van der Waals surface area (Å²) < 4.78 is 0.0833. The molecule has 0 fully saturated rings. The van der Waals surface area contributed by atoms with Crippen LogP contribution in [0.3, 0.4) is 0 Å². The van der Waals surface area contributed by atoms with E-state index in [1.807, 2.05) is 0 Å². The summed E-state index contributed by atoms with van der Waals surface area (Å²) in [4.78, 5) is 0. The Kier molecular flexibility index (Phi) is 95.9. The van der Waals surface area contributed by atoms with Crippen LogP contribution in [0, 0.1) is 13.8 Å². The fraction of sp³-hybridized carbons (Fsp3) is 0.400. The second-order valence-electron chi connectivity index (χ2n) is 0.319. The minimum absolute atomic E-state index is 0. The molecule has 0 aromatic carbocycles. The van der Waals surface area contributed by atoms with E-state index < -0.39 is 0 Å². The standard InChI is InChI=1S/2C2H5.CH3NS2.Fe/c2*1-2;2-1(3)4;/h2*1H2,2H3;(H3,2,3,4);/q2*-1;;+3/p-1. The molecule has 4 heteroatoms. The van der Waals surface area contributed by atoms with Crippen molar-refractivity contribution in [1.82, 2.24) is 0 Å². The third kappa shape index (κ3) is 957. The molecule has 0 aromatic rings. The van der Waals surface area contributed by atoms with Crippen molar-refractivity contribution in [3.05, 3.63) is 13.8 Å². The van der Waals surface area contributed by atoms with Gasteiger partial charge in [-0.15, -0.1) is 0 Å². The first-order valence-electron chi connectivity index (χ1n) is 2.11. The van der Waals surface area contributed by atoms with Gasteiger partial charge in [-0.05, 0) is 0 Å². The van der Waals surface area contributed by atoms with Crippen molar-refractivity contribution in [3.63, 3.8) is 0 Å². The molecule has 0 aliphatic rings. The van der Waals surface area contributed by atoms with Gasteiger partial charge in [0.25, 0.3) is 0 Å². The van der Waals surface area contributed by atoms with E-state index in [1.54, 1.807) is 13.8 Å². The Morgan fingerprint density at radius 1 is 1.33 bits per heavy atom. The van der Waals surface area contributed by atoms with Crippen molar-refractivity contribution >= 4 is 29.2 Å². The molecular formula is C5H12FeNS2. The quantitative estimate of drug-likeness (QED) is 0.281. The molecule has 0 rings (SSSR count). The van der Waals surface area contributed by atoms with Gasteiger partial charge in [-0.25, -0.2) is 0 Å². The number of rotatable bonds is 0. The molecule has 2 N–H and O–H groups in total. The summed E-state index contributed by atoms with van der Waals surface area (Å²) in [5.41, 5.74) is 4.66. The minimum Gasteiger partial charge on any atom is -0.415 e. The molecule has 0 aromatic heterocycles. The van der Waals surface area contributed by atoms with Gasteiger partial charge in [0.15, 0.2) is 0 Å². The molecule has 1 nitrogen and oxygen atoms in total. The van der Waals surface area contributed by atoms with Crippen molar-refractivity contribution in [2.45, 2.75) is 13.8 Å². The zero-order valence-electron chi connectivity index (χ0n) is 5.66. The van der Waals surface area contributed by atoms with E-state index in [4.69, 9.17) is 0 Å². The minimum atomic E-state index is 0. The summed E-state index contributed by atoms with van der Waals surface area (Å²) in [6.45, 7) is 10.0. The van der Waals surface area contributed by atoms with Crippen molar-refractivity contribution in [2.24, 2.45) is 5.73 Å². The van der Waals surface area contributed by atoms with E-state index in [2.05, 4.69) is 44.4 Å². The number of thiocarbonyl (C=S) groups is 1. The zero-order chi connectivity index (χ0) is 7.58. The van der Waals surface area contributed by atoms with Crippen LogP contribution in [0.2, 0.25) is 0 Å². The normalized spacial score (nSPS) is 4.00. The van der Waals surface area contributed by atoms with E-state index in [0.29, 0.717) is 0 Å². The Labute approximate surface area is 79.7 Å². The third-order valence-corrected chi connectivity index (χ3v) is 0. The van der Waals surface area contributed by atoms with Crippen molar-refractivity contribution in [1.29, 1.82) is 0 Å². The van der Waals surface area contributed by atoms with Crippen LogP contribution in [-0.2, 0) is 29.7 Å². The van der Waals surface area contributed by atoms with Gasteiger partial charge < -0.3 is 44.4 Å². The van der Waals surface area contributed by atoms with Gasteiger partial charge >= 0.3 is 17.1 Å². The molecule has 0 saturated carbocycles. The van der Waals surface area contributed by atoms with Gasteiger partial charge in [-0.1, -0.05) is 4.32 Å². The van der Waals surface area contributed by atoms with Crippen LogP contribution in [0.5, 0.6) is 0 Å². The maximum Gasteiger partial charge on any atom is 3.00 e. The van der Waals surface area contributed by atoms with E-state index in [-0.39, 0.29) is 21.4 Å². The number of hydrogen-bond acceptors (Lipinski definition) is 2. The first kappa shape index (κ1) is 22.6. The molecule has 0 heterocycles. The van der Waals surface area contributed by atoms with Gasteiger partial charge in [0.1, 0.15) is 0 Å². The van der Waals surface area contributed by atoms with Crippen LogP contribution in [0.25, 0.3) is 0 Å². The fourth-order valence-corrected chi connectivity index (χ4v) is 0. The molecule has 0 atom stereocenters. The average molecular weight is 206 g/mol. The van der Waals surface area contributed by atoms with E-state index in [0.717, 1.165) is 0 Å². The Hall–Kier alpha value is 0.629. The zero-order valence-corrected chi connectivity index (χ0v) is 8.40. The molecule has 0 spiro atoms. The monoisotopic (exact) mass is 206 g/mol. The summed E-state index contributed by atoms with van der Waals surface area (Å²) >= 11 is 8.26. The summed E-state index contributed by atoms with van der Waals surface area (Å²) in [7, 11) is 0.